The van der Waals surface area contributed by atoms with Gasteiger partial charge in [0.2, 0.25) is 0 Å². The van der Waals surface area contributed by atoms with Crippen molar-refractivity contribution in [2.24, 2.45) is 0 Å². The first-order chi connectivity index (χ1) is 14.9. The molecule has 4 rings (SSSR count). The van der Waals surface area contributed by atoms with Crippen LogP contribution in [0.15, 0.2) is 60.9 Å². The molecule has 1 fully saturated rings. The number of urea groups is 1. The molecule has 0 atom stereocenters. The summed E-state index contributed by atoms with van der Waals surface area (Å²) < 4.78 is 38.6. The van der Waals surface area contributed by atoms with Gasteiger partial charge in [-0.2, -0.15) is 13.2 Å². The van der Waals surface area contributed by atoms with E-state index < -0.39 is 17.8 Å². The Balaban J connectivity index is 1.50. The number of nitrogens with one attached hydrogen (secondary N) is 2. The maximum absolute atomic E-state index is 12.9. The number of aromatic nitrogens is 2. The van der Waals surface area contributed by atoms with Crippen LogP contribution in [0.1, 0.15) is 18.4 Å². The number of carbonyl (C=O) groups is 1. The fraction of sp³-hybridized carbons (Fsp3) is 0.227. The van der Waals surface area contributed by atoms with Gasteiger partial charge in [0.05, 0.1) is 5.56 Å². The third-order valence-electron chi connectivity index (χ3n) is 4.93. The Bertz CT molecular complexity index is 1080. The van der Waals surface area contributed by atoms with Crippen LogP contribution >= 0.6 is 0 Å². The molecule has 1 aliphatic rings. The Hall–Kier alpha value is -3.62. The predicted octanol–water partition coefficient (Wildman–Crippen LogP) is 5.41. The van der Waals surface area contributed by atoms with Crippen molar-refractivity contribution in [1.82, 2.24) is 9.97 Å². The molecule has 0 bridgehead atoms. The smallest absolute Gasteiger partial charge is 0.355 e. The highest BCUT2D eigenvalue weighted by atomic mass is 19.4. The number of amides is 2. The van der Waals surface area contributed by atoms with E-state index >= 15 is 0 Å². The van der Waals surface area contributed by atoms with Crippen LogP contribution in [0.25, 0.3) is 11.3 Å². The molecule has 2 aromatic carbocycles. The molecule has 6 nitrogen and oxygen atoms in total. The van der Waals surface area contributed by atoms with E-state index in [2.05, 4.69) is 25.5 Å². The maximum Gasteiger partial charge on any atom is 0.416 e. The van der Waals surface area contributed by atoms with Crippen molar-refractivity contribution in [1.29, 1.82) is 0 Å². The Morgan fingerprint density at radius 2 is 1.55 bits per heavy atom. The summed E-state index contributed by atoms with van der Waals surface area (Å²) in [5, 5.41) is 5.09. The Morgan fingerprint density at radius 1 is 0.903 bits per heavy atom. The second-order valence-corrected chi connectivity index (χ2v) is 7.16. The van der Waals surface area contributed by atoms with Gasteiger partial charge in [-0.3, -0.25) is 4.98 Å². The summed E-state index contributed by atoms with van der Waals surface area (Å²) in [5.74, 6) is 0.797. The molecule has 3 aromatic rings. The van der Waals surface area contributed by atoms with Gasteiger partial charge < -0.3 is 15.5 Å². The van der Waals surface area contributed by atoms with Gasteiger partial charge >= 0.3 is 12.2 Å². The summed E-state index contributed by atoms with van der Waals surface area (Å²) in [6.07, 6.45) is 1.00. The summed E-state index contributed by atoms with van der Waals surface area (Å²) in [4.78, 5) is 23.5. The molecule has 0 aliphatic carbocycles. The Kier molecular flexibility index (Phi) is 5.75. The molecule has 0 unspecified atom stereocenters. The fourth-order valence-corrected chi connectivity index (χ4v) is 3.51. The van der Waals surface area contributed by atoms with E-state index in [0.29, 0.717) is 11.4 Å². The predicted molar refractivity (Wildman–Crippen MR) is 113 cm³/mol. The van der Waals surface area contributed by atoms with Gasteiger partial charge in [-0.15, -0.1) is 0 Å². The molecule has 1 aliphatic heterocycles. The van der Waals surface area contributed by atoms with Crippen LogP contribution in [-0.4, -0.2) is 29.1 Å². The lowest BCUT2D eigenvalue weighted by Gasteiger charge is -2.19. The van der Waals surface area contributed by atoms with Crippen LogP contribution in [0.4, 0.5) is 35.2 Å². The van der Waals surface area contributed by atoms with Crippen LogP contribution in [0.2, 0.25) is 0 Å². The van der Waals surface area contributed by atoms with Gasteiger partial charge in [0.25, 0.3) is 0 Å². The Morgan fingerprint density at radius 3 is 2.26 bits per heavy atom. The number of hydrogen-bond acceptors (Lipinski definition) is 4. The van der Waals surface area contributed by atoms with Crippen LogP contribution in [0, 0.1) is 0 Å². The lowest BCUT2D eigenvalue weighted by molar-refractivity contribution is -0.137. The van der Waals surface area contributed by atoms with Gasteiger partial charge in [-0.1, -0.05) is 18.2 Å². The van der Waals surface area contributed by atoms with Crippen LogP contribution in [0.3, 0.4) is 0 Å². The van der Waals surface area contributed by atoms with E-state index in [1.54, 1.807) is 30.6 Å². The molecule has 0 saturated carbocycles. The topological polar surface area (TPSA) is 70.2 Å². The van der Waals surface area contributed by atoms with Crippen molar-refractivity contribution in [2.45, 2.75) is 19.0 Å². The number of alkyl halides is 3. The van der Waals surface area contributed by atoms with E-state index in [1.807, 2.05) is 6.07 Å². The molecule has 0 spiro atoms. The molecular weight excluding hydrogens is 407 g/mol. The number of hydrogen-bond donors (Lipinski definition) is 2. The largest absolute Gasteiger partial charge is 0.416 e. The monoisotopic (exact) mass is 427 g/mol. The summed E-state index contributed by atoms with van der Waals surface area (Å²) in [5.41, 5.74) is 1.20. The van der Waals surface area contributed by atoms with E-state index in [9.17, 15) is 18.0 Å². The number of rotatable bonds is 4. The molecule has 31 heavy (non-hydrogen) atoms. The van der Waals surface area contributed by atoms with E-state index in [1.165, 1.54) is 12.1 Å². The second-order valence-electron chi connectivity index (χ2n) is 7.16. The van der Waals surface area contributed by atoms with E-state index in [0.717, 1.165) is 49.4 Å². The SMILES string of the molecule is O=C(Nc1cccc(-c2nccnc2N2CCCC2)c1)Nc1cccc(C(F)(F)F)c1. The third-order valence-corrected chi connectivity index (χ3v) is 4.93. The molecule has 1 aromatic heterocycles. The number of benzene rings is 2. The summed E-state index contributed by atoms with van der Waals surface area (Å²) in [7, 11) is 0. The number of halogens is 3. The van der Waals surface area contributed by atoms with Gasteiger partial charge in [0.1, 0.15) is 5.69 Å². The normalized spacial score (nSPS) is 13.8. The Labute approximate surface area is 177 Å². The van der Waals surface area contributed by atoms with Crippen molar-refractivity contribution in [2.75, 3.05) is 28.6 Å². The molecule has 2 N–H and O–H groups in total. The minimum Gasteiger partial charge on any atom is -0.355 e. The highest BCUT2D eigenvalue weighted by Gasteiger charge is 2.30. The summed E-state index contributed by atoms with van der Waals surface area (Å²) in [6, 6.07) is 10.9. The first-order valence-electron chi connectivity index (χ1n) is 9.82. The minimum atomic E-state index is -4.48. The lowest BCUT2D eigenvalue weighted by Crippen LogP contribution is -2.20. The zero-order chi connectivity index (χ0) is 21.8. The molecule has 2 amide bonds. The summed E-state index contributed by atoms with van der Waals surface area (Å²) >= 11 is 0. The molecule has 9 heteroatoms. The molecule has 0 radical (unpaired) electrons. The van der Waals surface area contributed by atoms with E-state index in [4.69, 9.17) is 0 Å². The number of nitrogens with zero attached hydrogens (tertiary/aromatic N) is 3. The molecular formula is C22H20F3N5O. The van der Waals surface area contributed by atoms with Gasteiger partial charge in [0.15, 0.2) is 5.82 Å². The molecule has 1 saturated heterocycles. The zero-order valence-electron chi connectivity index (χ0n) is 16.5. The lowest BCUT2D eigenvalue weighted by atomic mass is 10.1. The number of anilines is 3. The average molecular weight is 427 g/mol. The minimum absolute atomic E-state index is 0.0497. The van der Waals surface area contributed by atoms with Crippen LogP contribution in [0.5, 0.6) is 0 Å². The zero-order valence-corrected chi connectivity index (χ0v) is 16.5. The third kappa shape index (κ3) is 4.93. The first kappa shape index (κ1) is 20.6. The number of carbonyl (C=O) groups excluding carboxylic acids is 1. The summed E-state index contributed by atoms with van der Waals surface area (Å²) in [6.45, 7) is 1.84. The van der Waals surface area contributed by atoms with Gasteiger partial charge in [-0.05, 0) is 43.2 Å². The fourth-order valence-electron chi connectivity index (χ4n) is 3.51. The molecule has 160 valence electrons. The average Bonchev–Trinajstić information content (AvgIpc) is 3.28. The standard InChI is InChI=1S/C22H20F3N5O/c23-22(24,25)16-6-4-8-18(14-16)29-21(31)28-17-7-3-5-15(13-17)19-20(27-10-9-26-19)30-11-1-2-12-30/h3-10,13-14H,1-2,11-12H2,(H2,28,29,31). The van der Waals surface area contributed by atoms with Crippen LogP contribution < -0.4 is 15.5 Å². The van der Waals surface area contributed by atoms with E-state index in [-0.39, 0.29) is 5.69 Å². The van der Waals surface area contributed by atoms with Crippen molar-refractivity contribution in [3.05, 3.63) is 66.5 Å². The maximum atomic E-state index is 12.9. The highest BCUT2D eigenvalue weighted by molar-refractivity contribution is 6.00. The van der Waals surface area contributed by atoms with Gasteiger partial charge in [-0.25, -0.2) is 9.78 Å². The first-order valence-corrected chi connectivity index (χ1v) is 9.82. The van der Waals surface area contributed by atoms with Crippen LogP contribution in [-0.2, 0) is 6.18 Å². The second kappa shape index (κ2) is 8.63. The highest BCUT2D eigenvalue weighted by Crippen LogP contribution is 2.32. The van der Waals surface area contributed by atoms with Crippen molar-refractivity contribution in [3.8, 4) is 11.3 Å². The van der Waals surface area contributed by atoms with Crippen molar-refractivity contribution >= 4 is 23.2 Å². The van der Waals surface area contributed by atoms with Crippen molar-refractivity contribution in [3.63, 3.8) is 0 Å². The molecule has 2 heterocycles. The quantitative estimate of drug-likeness (QED) is 0.584. The van der Waals surface area contributed by atoms with Gasteiger partial charge in [0, 0.05) is 42.4 Å². The van der Waals surface area contributed by atoms with Crippen molar-refractivity contribution < 1.29 is 18.0 Å².